The summed E-state index contributed by atoms with van der Waals surface area (Å²) in [6.07, 6.45) is 0.472. The van der Waals surface area contributed by atoms with Gasteiger partial charge in [0.05, 0.1) is 5.75 Å². The van der Waals surface area contributed by atoms with E-state index in [0.717, 1.165) is 12.1 Å². The number of hydrogen-bond donors (Lipinski definition) is 2. The first kappa shape index (κ1) is 17.0. The fourth-order valence-electron chi connectivity index (χ4n) is 1.58. The SMILES string of the molecule is CC(C)NCCCS(=O)(=O)NCc1ccc(F)cc1F. The number of nitrogens with one attached hydrogen (secondary N) is 2. The van der Waals surface area contributed by atoms with Crippen molar-refractivity contribution in [1.29, 1.82) is 0 Å². The quantitative estimate of drug-likeness (QED) is 0.720. The van der Waals surface area contributed by atoms with Gasteiger partial charge in [0.25, 0.3) is 0 Å². The fourth-order valence-corrected chi connectivity index (χ4v) is 2.62. The Labute approximate surface area is 118 Å². The van der Waals surface area contributed by atoms with Crippen molar-refractivity contribution < 1.29 is 17.2 Å². The maximum Gasteiger partial charge on any atom is 0.211 e. The third-order valence-corrected chi connectivity index (χ3v) is 4.05. The van der Waals surface area contributed by atoms with Crippen molar-refractivity contribution in [1.82, 2.24) is 10.0 Å². The average Bonchev–Trinajstić information content (AvgIpc) is 2.33. The van der Waals surface area contributed by atoms with Gasteiger partial charge in [-0.25, -0.2) is 21.9 Å². The predicted molar refractivity (Wildman–Crippen MR) is 74.7 cm³/mol. The van der Waals surface area contributed by atoms with Crippen LogP contribution in [0.5, 0.6) is 0 Å². The molecular weight excluding hydrogens is 286 g/mol. The Morgan fingerprint density at radius 2 is 1.95 bits per heavy atom. The van der Waals surface area contributed by atoms with Crippen LogP contribution >= 0.6 is 0 Å². The Bertz CT molecular complexity index is 533. The molecule has 0 heterocycles. The molecule has 20 heavy (non-hydrogen) atoms. The van der Waals surface area contributed by atoms with E-state index in [4.69, 9.17) is 0 Å². The normalized spacial score (nSPS) is 12.1. The van der Waals surface area contributed by atoms with Crippen LogP contribution in [-0.2, 0) is 16.6 Å². The van der Waals surface area contributed by atoms with Crippen LogP contribution in [0.25, 0.3) is 0 Å². The largest absolute Gasteiger partial charge is 0.314 e. The van der Waals surface area contributed by atoms with E-state index < -0.39 is 21.7 Å². The molecule has 7 heteroatoms. The van der Waals surface area contributed by atoms with Crippen LogP contribution in [-0.4, -0.2) is 26.8 Å². The second kappa shape index (κ2) is 7.66. The lowest BCUT2D eigenvalue weighted by Crippen LogP contribution is -2.30. The zero-order valence-corrected chi connectivity index (χ0v) is 12.4. The molecule has 0 aliphatic carbocycles. The van der Waals surface area contributed by atoms with Crippen molar-refractivity contribution in [2.75, 3.05) is 12.3 Å². The minimum atomic E-state index is -3.46. The van der Waals surface area contributed by atoms with Crippen LogP contribution < -0.4 is 10.0 Å². The van der Waals surface area contributed by atoms with Gasteiger partial charge in [0.2, 0.25) is 10.0 Å². The van der Waals surface area contributed by atoms with Crippen LogP contribution in [0.1, 0.15) is 25.8 Å². The highest BCUT2D eigenvalue weighted by atomic mass is 32.2. The van der Waals surface area contributed by atoms with Gasteiger partial charge in [-0.05, 0) is 19.0 Å². The molecule has 0 atom stereocenters. The van der Waals surface area contributed by atoms with E-state index >= 15 is 0 Å². The molecule has 0 unspecified atom stereocenters. The summed E-state index contributed by atoms with van der Waals surface area (Å²) >= 11 is 0. The Hall–Kier alpha value is -1.05. The van der Waals surface area contributed by atoms with Crippen LogP contribution in [0.3, 0.4) is 0 Å². The fraction of sp³-hybridized carbons (Fsp3) is 0.538. The first-order valence-corrected chi connectivity index (χ1v) is 8.10. The van der Waals surface area contributed by atoms with E-state index in [0.29, 0.717) is 19.0 Å². The summed E-state index contributed by atoms with van der Waals surface area (Å²) in [5, 5.41) is 3.11. The second-order valence-electron chi connectivity index (χ2n) is 4.84. The molecule has 2 N–H and O–H groups in total. The van der Waals surface area contributed by atoms with Gasteiger partial charge in [-0.3, -0.25) is 0 Å². The lowest BCUT2D eigenvalue weighted by Gasteiger charge is -2.09. The van der Waals surface area contributed by atoms with Gasteiger partial charge in [0, 0.05) is 24.2 Å². The van der Waals surface area contributed by atoms with Crippen LogP contribution in [0, 0.1) is 11.6 Å². The van der Waals surface area contributed by atoms with Crippen LogP contribution in [0.15, 0.2) is 18.2 Å². The van der Waals surface area contributed by atoms with Crippen molar-refractivity contribution in [2.45, 2.75) is 32.9 Å². The number of halogens is 2. The minimum Gasteiger partial charge on any atom is -0.314 e. The molecule has 0 spiro atoms. The molecule has 0 radical (unpaired) electrons. The van der Waals surface area contributed by atoms with Crippen molar-refractivity contribution in [3.63, 3.8) is 0 Å². The third-order valence-electron chi connectivity index (χ3n) is 2.64. The van der Waals surface area contributed by atoms with Crippen molar-refractivity contribution in [3.05, 3.63) is 35.4 Å². The lowest BCUT2D eigenvalue weighted by atomic mass is 10.2. The molecule has 0 saturated heterocycles. The Morgan fingerprint density at radius 1 is 1.25 bits per heavy atom. The van der Waals surface area contributed by atoms with Gasteiger partial charge < -0.3 is 5.32 Å². The van der Waals surface area contributed by atoms with Crippen molar-refractivity contribution in [2.24, 2.45) is 0 Å². The van der Waals surface area contributed by atoms with E-state index in [2.05, 4.69) is 10.0 Å². The summed E-state index contributed by atoms with van der Waals surface area (Å²) in [6, 6.07) is 3.36. The predicted octanol–water partition coefficient (Wildman–Crippen LogP) is 1.77. The Balaban J connectivity index is 2.43. The van der Waals surface area contributed by atoms with E-state index in [9.17, 15) is 17.2 Å². The molecule has 0 aromatic heterocycles. The summed E-state index contributed by atoms with van der Waals surface area (Å²) in [4.78, 5) is 0. The van der Waals surface area contributed by atoms with Crippen molar-refractivity contribution in [3.8, 4) is 0 Å². The van der Waals surface area contributed by atoms with Gasteiger partial charge in [0.15, 0.2) is 0 Å². The number of hydrogen-bond acceptors (Lipinski definition) is 3. The zero-order valence-electron chi connectivity index (χ0n) is 11.6. The Kier molecular flexibility index (Phi) is 6.51. The summed E-state index contributed by atoms with van der Waals surface area (Å²) in [5.74, 6) is -1.47. The lowest BCUT2D eigenvalue weighted by molar-refractivity contribution is 0.554. The van der Waals surface area contributed by atoms with Gasteiger partial charge in [-0.2, -0.15) is 0 Å². The van der Waals surface area contributed by atoms with E-state index in [1.54, 1.807) is 0 Å². The van der Waals surface area contributed by atoms with Crippen molar-refractivity contribution >= 4 is 10.0 Å². The molecule has 0 amide bonds. The van der Waals surface area contributed by atoms with Gasteiger partial charge in [-0.15, -0.1) is 0 Å². The van der Waals surface area contributed by atoms with E-state index in [-0.39, 0.29) is 17.9 Å². The first-order chi connectivity index (χ1) is 9.30. The molecular formula is C13H20F2N2O2S. The first-order valence-electron chi connectivity index (χ1n) is 6.45. The average molecular weight is 306 g/mol. The Morgan fingerprint density at radius 3 is 2.55 bits per heavy atom. The van der Waals surface area contributed by atoms with Gasteiger partial charge in [-0.1, -0.05) is 19.9 Å². The molecule has 1 aromatic carbocycles. The maximum absolute atomic E-state index is 13.3. The zero-order chi connectivity index (χ0) is 15.2. The maximum atomic E-state index is 13.3. The van der Waals surface area contributed by atoms with E-state index in [1.807, 2.05) is 13.8 Å². The summed E-state index contributed by atoms with van der Waals surface area (Å²) in [6.45, 7) is 4.38. The number of rotatable bonds is 8. The number of benzene rings is 1. The smallest absolute Gasteiger partial charge is 0.211 e. The van der Waals surface area contributed by atoms with Crippen LogP contribution in [0.4, 0.5) is 8.78 Å². The summed E-state index contributed by atoms with van der Waals surface area (Å²) in [5.41, 5.74) is 0.121. The molecule has 1 aromatic rings. The molecule has 0 bridgehead atoms. The third kappa shape index (κ3) is 6.40. The molecule has 114 valence electrons. The summed E-state index contributed by atoms with van der Waals surface area (Å²) in [7, 11) is -3.46. The summed E-state index contributed by atoms with van der Waals surface area (Å²) < 4.78 is 51.7. The standard InChI is InChI=1S/C13H20F2N2O2S/c1-10(2)16-6-3-7-20(18,19)17-9-11-4-5-12(14)8-13(11)15/h4-5,8,10,16-17H,3,6-7,9H2,1-2H3. The topological polar surface area (TPSA) is 58.2 Å². The van der Waals surface area contributed by atoms with Gasteiger partial charge >= 0.3 is 0 Å². The molecule has 0 fully saturated rings. The highest BCUT2D eigenvalue weighted by Gasteiger charge is 2.11. The molecule has 0 aliphatic rings. The monoisotopic (exact) mass is 306 g/mol. The van der Waals surface area contributed by atoms with E-state index in [1.165, 1.54) is 6.07 Å². The molecule has 0 saturated carbocycles. The second-order valence-corrected chi connectivity index (χ2v) is 6.76. The highest BCUT2D eigenvalue weighted by Crippen LogP contribution is 2.09. The van der Waals surface area contributed by atoms with Crippen LogP contribution in [0.2, 0.25) is 0 Å². The molecule has 0 aliphatic heterocycles. The molecule has 4 nitrogen and oxygen atoms in total. The number of sulfonamides is 1. The minimum absolute atomic E-state index is 0.0322. The highest BCUT2D eigenvalue weighted by molar-refractivity contribution is 7.89. The van der Waals surface area contributed by atoms with Gasteiger partial charge in [0.1, 0.15) is 11.6 Å². The molecule has 1 rings (SSSR count).